The molecular formula is C18H24N4O5. The van der Waals surface area contributed by atoms with E-state index in [0.717, 1.165) is 4.57 Å². The van der Waals surface area contributed by atoms with E-state index in [2.05, 4.69) is 4.98 Å². The number of aryl methyl sites for hydroxylation is 1. The molecule has 9 heteroatoms. The third kappa shape index (κ3) is 4.55. The highest BCUT2D eigenvalue weighted by Crippen LogP contribution is 2.24. The number of nitrogen functional groups attached to an aromatic ring is 1. The number of rotatable bonds is 5. The molecule has 0 saturated heterocycles. The summed E-state index contributed by atoms with van der Waals surface area (Å²) < 4.78 is 6.35. The average Bonchev–Trinajstić information content (AvgIpc) is 2.46. The average molecular weight is 376 g/mol. The number of aromatic hydroxyl groups is 1. The maximum Gasteiger partial charge on any atom is 0.306 e. The molecule has 1 aromatic heterocycles. The molecule has 146 valence electrons. The maximum absolute atomic E-state index is 12.9. The fraction of sp³-hybridized carbons (Fsp3) is 0.444. The van der Waals surface area contributed by atoms with Crippen LogP contribution in [0.25, 0.3) is 10.9 Å². The Hall–Kier alpha value is -3.10. The zero-order valence-electron chi connectivity index (χ0n) is 15.8. The Morgan fingerprint density at radius 3 is 2.52 bits per heavy atom. The van der Waals surface area contributed by atoms with E-state index in [4.69, 9.17) is 16.2 Å². The Kier molecular flexibility index (Phi) is 5.43. The smallest absolute Gasteiger partial charge is 0.306 e. The molecule has 1 heterocycles. The van der Waals surface area contributed by atoms with Crippen molar-refractivity contribution in [2.24, 2.45) is 5.73 Å². The molecule has 0 bridgehead atoms. The van der Waals surface area contributed by atoms with Gasteiger partial charge in [-0.2, -0.15) is 0 Å². The van der Waals surface area contributed by atoms with Crippen molar-refractivity contribution in [1.82, 2.24) is 9.55 Å². The number of nitrogens with two attached hydrogens (primary N) is 2. The zero-order valence-corrected chi connectivity index (χ0v) is 15.8. The van der Waals surface area contributed by atoms with Crippen LogP contribution in [0.4, 0.5) is 5.69 Å². The minimum absolute atomic E-state index is 0.0177. The fourth-order valence-corrected chi connectivity index (χ4v) is 2.86. The predicted octanol–water partition coefficient (Wildman–Crippen LogP) is 1.14. The van der Waals surface area contributed by atoms with Gasteiger partial charge in [-0.25, -0.2) is 4.98 Å². The molecule has 0 fully saturated rings. The normalized spacial score (nSPS) is 12.7. The van der Waals surface area contributed by atoms with Gasteiger partial charge in [0.1, 0.15) is 23.2 Å². The molecule has 0 radical (unpaired) electrons. The van der Waals surface area contributed by atoms with E-state index in [1.807, 2.05) is 0 Å². The van der Waals surface area contributed by atoms with Crippen LogP contribution in [0.1, 0.15) is 45.5 Å². The SMILES string of the molecule is Cc1nc2cc(O)cc(N)c2c(=O)n1C(CCC(=O)OC(C)(C)C)C(N)=O. The van der Waals surface area contributed by atoms with Crippen molar-refractivity contribution in [2.45, 2.75) is 52.2 Å². The van der Waals surface area contributed by atoms with Gasteiger partial charge >= 0.3 is 5.97 Å². The number of amides is 1. The summed E-state index contributed by atoms with van der Waals surface area (Å²) >= 11 is 0. The largest absolute Gasteiger partial charge is 0.508 e. The number of carbonyl (C=O) groups is 2. The van der Waals surface area contributed by atoms with E-state index < -0.39 is 29.1 Å². The molecule has 1 unspecified atom stereocenters. The van der Waals surface area contributed by atoms with Crippen LogP contribution < -0.4 is 17.0 Å². The highest BCUT2D eigenvalue weighted by molar-refractivity contribution is 5.91. The second-order valence-electron chi connectivity index (χ2n) is 7.31. The summed E-state index contributed by atoms with van der Waals surface area (Å²) in [5, 5.41) is 9.71. The number of phenolic OH excluding ortho intramolecular Hbond substituents is 1. The molecule has 0 aliphatic carbocycles. The molecule has 27 heavy (non-hydrogen) atoms. The third-order valence-corrected chi connectivity index (χ3v) is 3.88. The first-order valence-electron chi connectivity index (χ1n) is 8.43. The molecule has 0 aliphatic rings. The minimum atomic E-state index is -1.09. The summed E-state index contributed by atoms with van der Waals surface area (Å²) in [6.07, 6.45) is -0.115. The van der Waals surface area contributed by atoms with Crippen molar-refractivity contribution in [3.05, 3.63) is 28.3 Å². The quantitative estimate of drug-likeness (QED) is 0.523. The third-order valence-electron chi connectivity index (χ3n) is 3.88. The van der Waals surface area contributed by atoms with E-state index in [0.29, 0.717) is 0 Å². The van der Waals surface area contributed by atoms with Gasteiger partial charge in [-0.3, -0.25) is 19.0 Å². The molecule has 2 rings (SSSR count). The summed E-state index contributed by atoms with van der Waals surface area (Å²) in [7, 11) is 0. The molecular weight excluding hydrogens is 352 g/mol. The molecule has 1 atom stereocenters. The first-order valence-corrected chi connectivity index (χ1v) is 8.43. The lowest BCUT2D eigenvalue weighted by atomic mass is 10.1. The van der Waals surface area contributed by atoms with Crippen LogP contribution in [0.3, 0.4) is 0 Å². The molecule has 2 aromatic rings. The lowest BCUT2D eigenvalue weighted by molar-refractivity contribution is -0.155. The van der Waals surface area contributed by atoms with Crippen molar-refractivity contribution in [1.29, 1.82) is 0 Å². The second kappa shape index (κ2) is 7.26. The first kappa shape index (κ1) is 20.2. The molecule has 0 saturated carbocycles. The van der Waals surface area contributed by atoms with E-state index in [-0.39, 0.29) is 41.0 Å². The number of carbonyl (C=O) groups excluding carboxylic acids is 2. The Balaban J connectivity index is 2.46. The van der Waals surface area contributed by atoms with Crippen LogP contribution >= 0.6 is 0 Å². The van der Waals surface area contributed by atoms with E-state index in [1.165, 1.54) is 19.1 Å². The predicted molar refractivity (Wildman–Crippen MR) is 100 cm³/mol. The number of anilines is 1. The molecule has 0 aliphatic heterocycles. The van der Waals surface area contributed by atoms with Crippen molar-refractivity contribution < 1.29 is 19.4 Å². The number of primary amides is 1. The standard InChI is InChI=1S/C18H24N4O5/c1-9-21-12-8-10(23)7-11(19)15(12)17(26)22(9)13(16(20)25)5-6-14(24)27-18(2,3)4/h7-8,13,23H,5-6,19H2,1-4H3,(H2,20,25). The molecule has 1 aromatic carbocycles. The number of nitrogens with zero attached hydrogens (tertiary/aromatic N) is 2. The van der Waals surface area contributed by atoms with Crippen LogP contribution in [0.2, 0.25) is 0 Å². The van der Waals surface area contributed by atoms with Crippen molar-refractivity contribution in [3.8, 4) is 5.75 Å². The summed E-state index contributed by atoms with van der Waals surface area (Å²) in [5.74, 6) is -1.19. The van der Waals surface area contributed by atoms with Gasteiger partial charge in [0.25, 0.3) is 5.56 Å². The molecule has 0 spiro atoms. The summed E-state index contributed by atoms with van der Waals surface area (Å²) in [6.45, 7) is 6.73. The Bertz CT molecular complexity index is 959. The minimum Gasteiger partial charge on any atom is -0.508 e. The monoisotopic (exact) mass is 376 g/mol. The first-order chi connectivity index (χ1) is 12.4. The van der Waals surface area contributed by atoms with Crippen LogP contribution in [-0.2, 0) is 14.3 Å². The number of phenols is 1. The highest BCUT2D eigenvalue weighted by Gasteiger charge is 2.25. The van der Waals surface area contributed by atoms with E-state index in [1.54, 1.807) is 20.8 Å². The van der Waals surface area contributed by atoms with Crippen LogP contribution in [0.5, 0.6) is 5.75 Å². The van der Waals surface area contributed by atoms with Gasteiger partial charge in [0.15, 0.2) is 0 Å². The number of hydrogen-bond acceptors (Lipinski definition) is 7. The number of benzene rings is 1. The highest BCUT2D eigenvalue weighted by atomic mass is 16.6. The van der Waals surface area contributed by atoms with Gasteiger partial charge < -0.3 is 21.3 Å². The van der Waals surface area contributed by atoms with Crippen LogP contribution in [0, 0.1) is 6.92 Å². The number of esters is 1. The zero-order chi connectivity index (χ0) is 20.5. The van der Waals surface area contributed by atoms with Gasteiger partial charge in [-0.15, -0.1) is 0 Å². The molecule has 1 amide bonds. The van der Waals surface area contributed by atoms with Crippen LogP contribution in [0.15, 0.2) is 16.9 Å². The van der Waals surface area contributed by atoms with Crippen LogP contribution in [-0.4, -0.2) is 32.1 Å². The maximum atomic E-state index is 12.9. The summed E-state index contributed by atoms with van der Waals surface area (Å²) in [5.41, 5.74) is 10.3. The van der Waals surface area contributed by atoms with Gasteiger partial charge in [0.05, 0.1) is 16.6 Å². The van der Waals surface area contributed by atoms with Crippen molar-refractivity contribution in [2.75, 3.05) is 5.73 Å². The Labute approximate surface area is 155 Å². The number of fused-ring (bicyclic) bond motifs is 1. The van der Waals surface area contributed by atoms with Gasteiger partial charge in [-0.05, 0) is 34.1 Å². The van der Waals surface area contributed by atoms with Gasteiger partial charge in [0, 0.05) is 18.6 Å². The number of aromatic nitrogens is 2. The van der Waals surface area contributed by atoms with Gasteiger partial charge in [-0.1, -0.05) is 0 Å². The summed E-state index contributed by atoms with van der Waals surface area (Å²) in [6, 6.07) is 1.45. The Morgan fingerprint density at radius 2 is 1.96 bits per heavy atom. The van der Waals surface area contributed by atoms with Crippen molar-refractivity contribution in [3.63, 3.8) is 0 Å². The van der Waals surface area contributed by atoms with E-state index >= 15 is 0 Å². The molecule has 9 nitrogen and oxygen atoms in total. The number of hydrogen-bond donors (Lipinski definition) is 3. The second-order valence-corrected chi connectivity index (χ2v) is 7.31. The fourth-order valence-electron chi connectivity index (χ4n) is 2.86. The lowest BCUT2D eigenvalue weighted by Crippen LogP contribution is -2.36. The van der Waals surface area contributed by atoms with E-state index in [9.17, 15) is 19.5 Å². The van der Waals surface area contributed by atoms with Crippen molar-refractivity contribution >= 4 is 28.5 Å². The molecule has 5 N–H and O–H groups in total. The Morgan fingerprint density at radius 1 is 1.33 bits per heavy atom. The lowest BCUT2D eigenvalue weighted by Gasteiger charge is -2.22. The van der Waals surface area contributed by atoms with Gasteiger partial charge in [0.2, 0.25) is 5.91 Å². The number of ether oxygens (including phenoxy) is 1. The topological polar surface area (TPSA) is 151 Å². The summed E-state index contributed by atoms with van der Waals surface area (Å²) in [4.78, 5) is 41.1.